The first-order valence-corrected chi connectivity index (χ1v) is 5.88. The summed E-state index contributed by atoms with van der Waals surface area (Å²) >= 11 is 11.9. The van der Waals surface area contributed by atoms with Crippen molar-refractivity contribution in [2.45, 2.75) is 12.5 Å². The van der Waals surface area contributed by atoms with E-state index in [-0.39, 0.29) is 6.04 Å². The van der Waals surface area contributed by atoms with E-state index >= 15 is 0 Å². The molecule has 0 aliphatic carbocycles. The summed E-state index contributed by atoms with van der Waals surface area (Å²) in [5, 5.41) is 1.25. The van der Waals surface area contributed by atoms with Gasteiger partial charge in [-0.15, -0.1) is 0 Å². The van der Waals surface area contributed by atoms with Crippen LogP contribution in [0.4, 0.5) is 0 Å². The number of rotatable bonds is 3. The summed E-state index contributed by atoms with van der Waals surface area (Å²) in [7, 11) is 0. The van der Waals surface area contributed by atoms with Gasteiger partial charge in [0, 0.05) is 16.2 Å². The van der Waals surface area contributed by atoms with E-state index in [1.165, 1.54) is 6.33 Å². The molecule has 1 heterocycles. The van der Waals surface area contributed by atoms with Gasteiger partial charge in [0.1, 0.15) is 6.33 Å². The standard InChI is InChI=1S/C12H11Cl2N3/c13-9-2-1-8(10(14)6-9)5-11(15)12-3-4-16-7-17-12/h1-4,6-7,11H,5,15H2. The molecule has 3 nitrogen and oxygen atoms in total. The van der Waals surface area contributed by atoms with Crippen molar-refractivity contribution in [2.75, 3.05) is 0 Å². The van der Waals surface area contributed by atoms with Crippen molar-refractivity contribution in [1.82, 2.24) is 9.97 Å². The molecule has 0 aliphatic heterocycles. The molecule has 0 amide bonds. The third-order valence-electron chi connectivity index (χ3n) is 2.44. The van der Waals surface area contributed by atoms with Crippen molar-refractivity contribution < 1.29 is 0 Å². The number of aromatic nitrogens is 2. The van der Waals surface area contributed by atoms with E-state index in [1.54, 1.807) is 24.4 Å². The molecule has 0 spiro atoms. The van der Waals surface area contributed by atoms with E-state index in [2.05, 4.69) is 9.97 Å². The lowest BCUT2D eigenvalue weighted by Crippen LogP contribution is -2.15. The first kappa shape index (κ1) is 12.3. The average molecular weight is 268 g/mol. The molecule has 0 aliphatic rings. The molecule has 1 aromatic carbocycles. The normalized spacial score (nSPS) is 12.4. The zero-order valence-electron chi connectivity index (χ0n) is 8.98. The van der Waals surface area contributed by atoms with Crippen LogP contribution in [0.5, 0.6) is 0 Å². The van der Waals surface area contributed by atoms with Crippen LogP contribution in [-0.4, -0.2) is 9.97 Å². The predicted molar refractivity (Wildman–Crippen MR) is 69.1 cm³/mol. The average Bonchev–Trinajstić information content (AvgIpc) is 2.34. The zero-order chi connectivity index (χ0) is 12.3. The van der Waals surface area contributed by atoms with Crippen LogP contribution in [0.25, 0.3) is 0 Å². The molecule has 0 bridgehead atoms. The Labute approximate surface area is 110 Å². The van der Waals surface area contributed by atoms with Crippen LogP contribution >= 0.6 is 23.2 Å². The molecular formula is C12H11Cl2N3. The highest BCUT2D eigenvalue weighted by molar-refractivity contribution is 6.35. The van der Waals surface area contributed by atoms with Crippen LogP contribution in [0, 0.1) is 0 Å². The molecule has 5 heteroatoms. The van der Waals surface area contributed by atoms with Gasteiger partial charge in [-0.2, -0.15) is 0 Å². The van der Waals surface area contributed by atoms with Crippen molar-refractivity contribution in [3.05, 3.63) is 58.1 Å². The SMILES string of the molecule is NC(Cc1ccc(Cl)cc1Cl)c1ccncn1. The molecule has 0 saturated heterocycles. The fourth-order valence-corrected chi connectivity index (χ4v) is 2.03. The maximum absolute atomic E-state index is 6.09. The Kier molecular flexibility index (Phi) is 3.94. The fourth-order valence-electron chi connectivity index (χ4n) is 1.55. The van der Waals surface area contributed by atoms with Gasteiger partial charge in [0.15, 0.2) is 0 Å². The summed E-state index contributed by atoms with van der Waals surface area (Å²) in [6, 6.07) is 7.00. The predicted octanol–water partition coefficient (Wildman–Crippen LogP) is 3.03. The summed E-state index contributed by atoms with van der Waals surface area (Å²) in [5.74, 6) is 0. The van der Waals surface area contributed by atoms with Gasteiger partial charge < -0.3 is 5.73 Å². The quantitative estimate of drug-likeness (QED) is 0.930. The number of hydrogen-bond donors (Lipinski definition) is 1. The largest absolute Gasteiger partial charge is 0.322 e. The van der Waals surface area contributed by atoms with E-state index < -0.39 is 0 Å². The van der Waals surface area contributed by atoms with Crippen LogP contribution in [-0.2, 0) is 6.42 Å². The van der Waals surface area contributed by atoms with Gasteiger partial charge >= 0.3 is 0 Å². The summed E-state index contributed by atoms with van der Waals surface area (Å²) in [5.41, 5.74) is 7.81. The molecule has 2 N–H and O–H groups in total. The summed E-state index contributed by atoms with van der Waals surface area (Å²) in [6.07, 6.45) is 3.78. The second-order valence-electron chi connectivity index (χ2n) is 3.68. The molecule has 88 valence electrons. The Morgan fingerprint density at radius 1 is 1.24 bits per heavy atom. The van der Waals surface area contributed by atoms with E-state index in [0.717, 1.165) is 11.3 Å². The molecule has 2 aromatic rings. The minimum absolute atomic E-state index is 0.198. The first-order chi connectivity index (χ1) is 8.16. The molecular weight excluding hydrogens is 257 g/mol. The van der Waals surface area contributed by atoms with Crippen molar-refractivity contribution in [1.29, 1.82) is 0 Å². The molecule has 0 fully saturated rings. The highest BCUT2D eigenvalue weighted by Gasteiger charge is 2.10. The van der Waals surface area contributed by atoms with E-state index in [1.807, 2.05) is 6.07 Å². The molecule has 1 unspecified atom stereocenters. The molecule has 1 aromatic heterocycles. The van der Waals surface area contributed by atoms with Gasteiger partial charge in [-0.3, -0.25) is 0 Å². The highest BCUT2D eigenvalue weighted by atomic mass is 35.5. The Balaban J connectivity index is 2.16. The topological polar surface area (TPSA) is 51.8 Å². The number of nitrogens with two attached hydrogens (primary N) is 1. The zero-order valence-corrected chi connectivity index (χ0v) is 10.5. The Morgan fingerprint density at radius 3 is 2.71 bits per heavy atom. The van der Waals surface area contributed by atoms with Crippen LogP contribution in [0.15, 0.2) is 36.8 Å². The van der Waals surface area contributed by atoms with Crippen LogP contribution < -0.4 is 5.73 Å². The van der Waals surface area contributed by atoms with E-state index in [0.29, 0.717) is 16.5 Å². The Morgan fingerprint density at radius 2 is 2.06 bits per heavy atom. The van der Waals surface area contributed by atoms with Gasteiger partial charge in [0.25, 0.3) is 0 Å². The smallest absolute Gasteiger partial charge is 0.115 e. The van der Waals surface area contributed by atoms with Crippen molar-refractivity contribution in [3.8, 4) is 0 Å². The molecule has 1 atom stereocenters. The van der Waals surface area contributed by atoms with Crippen LogP contribution in [0.3, 0.4) is 0 Å². The highest BCUT2D eigenvalue weighted by Crippen LogP contribution is 2.24. The monoisotopic (exact) mass is 267 g/mol. The van der Waals surface area contributed by atoms with Gasteiger partial charge in [-0.1, -0.05) is 29.3 Å². The fraction of sp³-hybridized carbons (Fsp3) is 0.167. The number of halogens is 2. The number of benzene rings is 1. The van der Waals surface area contributed by atoms with Crippen LogP contribution in [0.1, 0.15) is 17.3 Å². The minimum Gasteiger partial charge on any atom is -0.322 e. The minimum atomic E-state index is -0.198. The van der Waals surface area contributed by atoms with Crippen molar-refractivity contribution >= 4 is 23.2 Å². The van der Waals surface area contributed by atoms with Gasteiger partial charge in [-0.05, 0) is 30.2 Å². The third kappa shape index (κ3) is 3.16. The van der Waals surface area contributed by atoms with Gasteiger partial charge in [0.2, 0.25) is 0 Å². The summed E-state index contributed by atoms with van der Waals surface area (Å²) in [4.78, 5) is 7.97. The molecule has 0 radical (unpaired) electrons. The third-order valence-corrected chi connectivity index (χ3v) is 3.03. The van der Waals surface area contributed by atoms with Gasteiger partial charge in [-0.25, -0.2) is 9.97 Å². The second-order valence-corrected chi connectivity index (χ2v) is 4.52. The molecule has 0 saturated carbocycles. The summed E-state index contributed by atoms with van der Waals surface area (Å²) < 4.78 is 0. The Bertz CT molecular complexity index is 502. The lowest BCUT2D eigenvalue weighted by Gasteiger charge is -2.12. The first-order valence-electron chi connectivity index (χ1n) is 5.12. The van der Waals surface area contributed by atoms with E-state index in [4.69, 9.17) is 28.9 Å². The molecule has 17 heavy (non-hydrogen) atoms. The maximum Gasteiger partial charge on any atom is 0.115 e. The summed E-state index contributed by atoms with van der Waals surface area (Å²) in [6.45, 7) is 0. The second kappa shape index (κ2) is 5.45. The maximum atomic E-state index is 6.09. The van der Waals surface area contributed by atoms with Crippen molar-refractivity contribution in [3.63, 3.8) is 0 Å². The molecule has 2 rings (SSSR count). The van der Waals surface area contributed by atoms with Gasteiger partial charge in [0.05, 0.1) is 11.7 Å². The number of nitrogens with zero attached hydrogens (tertiary/aromatic N) is 2. The Hall–Kier alpha value is -1.16. The van der Waals surface area contributed by atoms with E-state index in [9.17, 15) is 0 Å². The lowest BCUT2D eigenvalue weighted by molar-refractivity contribution is 0.693. The van der Waals surface area contributed by atoms with Crippen LogP contribution in [0.2, 0.25) is 10.0 Å². The van der Waals surface area contributed by atoms with Crippen molar-refractivity contribution in [2.24, 2.45) is 5.73 Å². The number of hydrogen-bond acceptors (Lipinski definition) is 3. The lowest BCUT2D eigenvalue weighted by atomic mass is 10.0.